The average molecular weight is 496 g/mol. The van der Waals surface area contributed by atoms with E-state index in [-0.39, 0.29) is 23.5 Å². The number of nitrogens with zero attached hydrogens (tertiary/aromatic N) is 3. The van der Waals surface area contributed by atoms with Gasteiger partial charge in [-0.3, -0.25) is 9.59 Å². The first-order chi connectivity index (χ1) is 16.7. The second kappa shape index (κ2) is 11.8. The van der Waals surface area contributed by atoms with Crippen molar-refractivity contribution >= 4 is 29.3 Å². The number of aryl methyl sites for hydroxylation is 2. The number of hydrogen-bond donors (Lipinski definition) is 2. The predicted molar refractivity (Wildman–Crippen MR) is 137 cm³/mol. The van der Waals surface area contributed by atoms with Crippen molar-refractivity contribution < 1.29 is 14.0 Å². The van der Waals surface area contributed by atoms with Crippen molar-refractivity contribution in [2.45, 2.75) is 45.4 Å². The highest BCUT2D eigenvalue weighted by molar-refractivity contribution is 7.99. The van der Waals surface area contributed by atoms with Crippen LogP contribution in [0, 0.1) is 25.6 Å². The van der Waals surface area contributed by atoms with Gasteiger partial charge < -0.3 is 15.2 Å². The van der Waals surface area contributed by atoms with Gasteiger partial charge in [0.25, 0.3) is 5.91 Å². The van der Waals surface area contributed by atoms with E-state index in [1.807, 2.05) is 43.5 Å². The Morgan fingerprint density at radius 1 is 1.17 bits per heavy atom. The SMILES string of the molecule is C=CCn1c(SCC(=O)Nc2cc(F)ccc2C)nnc1[C@@H](NC(=O)c1cccc(C)c1)C(C)C. The van der Waals surface area contributed by atoms with Crippen LogP contribution in [-0.2, 0) is 11.3 Å². The second-order valence-corrected chi connectivity index (χ2v) is 9.54. The summed E-state index contributed by atoms with van der Waals surface area (Å²) >= 11 is 1.21. The molecule has 3 aromatic rings. The molecular weight excluding hydrogens is 465 g/mol. The minimum absolute atomic E-state index is 0.0358. The van der Waals surface area contributed by atoms with E-state index in [1.54, 1.807) is 25.1 Å². The molecule has 0 aliphatic rings. The van der Waals surface area contributed by atoms with E-state index in [4.69, 9.17) is 0 Å². The highest BCUT2D eigenvalue weighted by Crippen LogP contribution is 2.26. The maximum Gasteiger partial charge on any atom is 0.251 e. The van der Waals surface area contributed by atoms with Crippen molar-refractivity contribution in [2.75, 3.05) is 11.1 Å². The molecule has 0 saturated carbocycles. The predicted octanol–water partition coefficient (Wildman–Crippen LogP) is 5.08. The number of benzene rings is 2. The van der Waals surface area contributed by atoms with E-state index in [0.717, 1.165) is 11.1 Å². The van der Waals surface area contributed by atoms with Crippen molar-refractivity contribution in [2.24, 2.45) is 5.92 Å². The van der Waals surface area contributed by atoms with E-state index in [2.05, 4.69) is 27.4 Å². The van der Waals surface area contributed by atoms with E-state index >= 15 is 0 Å². The van der Waals surface area contributed by atoms with E-state index < -0.39 is 11.9 Å². The van der Waals surface area contributed by atoms with Crippen LogP contribution in [0.15, 0.2) is 60.3 Å². The summed E-state index contributed by atoms with van der Waals surface area (Å²) in [5.41, 5.74) is 2.77. The maximum absolute atomic E-state index is 13.5. The molecule has 184 valence electrons. The normalized spacial score (nSPS) is 11.8. The summed E-state index contributed by atoms with van der Waals surface area (Å²) in [6.07, 6.45) is 1.72. The van der Waals surface area contributed by atoms with Crippen molar-refractivity contribution in [3.8, 4) is 0 Å². The zero-order chi connectivity index (χ0) is 25.5. The van der Waals surface area contributed by atoms with Gasteiger partial charge in [0, 0.05) is 17.8 Å². The fourth-order valence-electron chi connectivity index (χ4n) is 3.52. The molecule has 0 fully saturated rings. The first kappa shape index (κ1) is 26.2. The molecule has 0 spiro atoms. The largest absolute Gasteiger partial charge is 0.342 e. The smallest absolute Gasteiger partial charge is 0.251 e. The lowest BCUT2D eigenvalue weighted by Crippen LogP contribution is -2.34. The monoisotopic (exact) mass is 495 g/mol. The third kappa shape index (κ3) is 6.79. The molecule has 2 N–H and O–H groups in total. The molecule has 35 heavy (non-hydrogen) atoms. The zero-order valence-corrected chi connectivity index (χ0v) is 21.2. The number of thioether (sulfide) groups is 1. The van der Waals surface area contributed by atoms with E-state index in [0.29, 0.717) is 28.8 Å². The summed E-state index contributed by atoms with van der Waals surface area (Å²) in [6.45, 7) is 12.0. The van der Waals surface area contributed by atoms with Gasteiger partial charge in [-0.05, 0) is 49.6 Å². The number of anilines is 1. The Morgan fingerprint density at radius 3 is 2.63 bits per heavy atom. The molecule has 0 radical (unpaired) electrons. The third-order valence-corrected chi connectivity index (χ3v) is 6.34. The van der Waals surface area contributed by atoms with Crippen LogP contribution in [0.25, 0.3) is 0 Å². The Bertz CT molecular complexity index is 1220. The maximum atomic E-state index is 13.5. The minimum Gasteiger partial charge on any atom is -0.342 e. The van der Waals surface area contributed by atoms with Crippen LogP contribution in [-0.4, -0.2) is 32.3 Å². The number of carbonyl (C=O) groups excluding carboxylic acids is 2. The number of hydrogen-bond acceptors (Lipinski definition) is 5. The van der Waals surface area contributed by atoms with Gasteiger partial charge in [0.2, 0.25) is 5.91 Å². The summed E-state index contributed by atoms with van der Waals surface area (Å²) in [7, 11) is 0. The molecule has 3 rings (SSSR count). The van der Waals surface area contributed by atoms with Crippen LogP contribution >= 0.6 is 11.8 Å². The highest BCUT2D eigenvalue weighted by atomic mass is 32.2. The Kier molecular flexibility index (Phi) is 8.81. The van der Waals surface area contributed by atoms with Gasteiger partial charge in [-0.15, -0.1) is 16.8 Å². The molecule has 2 amide bonds. The van der Waals surface area contributed by atoms with Crippen LogP contribution in [0.1, 0.15) is 47.2 Å². The second-order valence-electron chi connectivity index (χ2n) is 8.60. The number of amides is 2. The first-order valence-electron chi connectivity index (χ1n) is 11.3. The van der Waals surface area contributed by atoms with Crippen LogP contribution in [0.2, 0.25) is 0 Å². The zero-order valence-electron chi connectivity index (χ0n) is 20.3. The Labute approximate surface area is 209 Å². The van der Waals surface area contributed by atoms with Crippen LogP contribution in [0.4, 0.5) is 10.1 Å². The number of carbonyl (C=O) groups is 2. The quantitative estimate of drug-likeness (QED) is 0.303. The average Bonchev–Trinajstić information content (AvgIpc) is 3.20. The molecule has 2 aromatic carbocycles. The van der Waals surface area contributed by atoms with E-state index in [1.165, 1.54) is 23.9 Å². The van der Waals surface area contributed by atoms with Crippen molar-refractivity contribution in [1.82, 2.24) is 20.1 Å². The fourth-order valence-corrected chi connectivity index (χ4v) is 4.28. The number of halogens is 1. The lowest BCUT2D eigenvalue weighted by atomic mass is 10.0. The molecule has 0 aliphatic carbocycles. The first-order valence-corrected chi connectivity index (χ1v) is 12.3. The van der Waals surface area contributed by atoms with E-state index in [9.17, 15) is 14.0 Å². The summed E-state index contributed by atoms with van der Waals surface area (Å²) in [4.78, 5) is 25.4. The lowest BCUT2D eigenvalue weighted by Gasteiger charge is -2.22. The van der Waals surface area contributed by atoms with Gasteiger partial charge in [-0.1, -0.05) is 55.4 Å². The van der Waals surface area contributed by atoms with Gasteiger partial charge in [0.15, 0.2) is 11.0 Å². The lowest BCUT2D eigenvalue weighted by molar-refractivity contribution is -0.113. The molecule has 0 unspecified atom stereocenters. The molecule has 1 aromatic heterocycles. The third-order valence-electron chi connectivity index (χ3n) is 5.37. The van der Waals surface area contributed by atoms with Crippen molar-refractivity contribution in [3.05, 3.63) is 83.5 Å². The van der Waals surface area contributed by atoms with Gasteiger partial charge in [-0.2, -0.15) is 0 Å². The van der Waals surface area contributed by atoms with Gasteiger partial charge in [-0.25, -0.2) is 4.39 Å². The Balaban J connectivity index is 1.76. The topological polar surface area (TPSA) is 88.9 Å². The molecule has 1 heterocycles. The summed E-state index contributed by atoms with van der Waals surface area (Å²) < 4.78 is 15.4. The number of nitrogens with one attached hydrogen (secondary N) is 2. The van der Waals surface area contributed by atoms with Crippen LogP contribution < -0.4 is 10.6 Å². The minimum atomic E-state index is -0.415. The molecule has 0 saturated heterocycles. The number of rotatable bonds is 10. The van der Waals surface area contributed by atoms with Crippen molar-refractivity contribution in [1.29, 1.82) is 0 Å². The highest BCUT2D eigenvalue weighted by Gasteiger charge is 2.26. The summed E-state index contributed by atoms with van der Waals surface area (Å²) in [6, 6.07) is 11.3. The van der Waals surface area contributed by atoms with Gasteiger partial charge in [0.05, 0.1) is 11.8 Å². The van der Waals surface area contributed by atoms with Gasteiger partial charge >= 0.3 is 0 Å². The van der Waals surface area contributed by atoms with Gasteiger partial charge in [0.1, 0.15) is 5.82 Å². The molecule has 9 heteroatoms. The van der Waals surface area contributed by atoms with Crippen molar-refractivity contribution in [3.63, 3.8) is 0 Å². The van der Waals surface area contributed by atoms with Crippen LogP contribution in [0.3, 0.4) is 0 Å². The summed E-state index contributed by atoms with van der Waals surface area (Å²) in [5.74, 6) is -0.210. The number of aromatic nitrogens is 3. The van der Waals surface area contributed by atoms with Crippen LogP contribution in [0.5, 0.6) is 0 Å². The molecule has 0 bridgehead atoms. The fraction of sp³-hybridized carbons (Fsp3) is 0.308. The molecule has 0 aliphatic heterocycles. The Morgan fingerprint density at radius 2 is 1.94 bits per heavy atom. The summed E-state index contributed by atoms with van der Waals surface area (Å²) in [5, 5.41) is 15.0. The standard InChI is InChI=1S/C26H30FN5O2S/c1-6-12-32-24(23(16(2)3)29-25(34)19-9-7-8-17(4)13-19)30-31-26(32)35-15-22(33)28-21-14-20(27)11-10-18(21)5/h6-11,13-14,16,23H,1,12,15H2,2-5H3,(H,28,33)(H,29,34)/t23-/m0/s1. The Hall–Kier alpha value is -3.46. The molecule has 1 atom stereocenters. The number of allylic oxidation sites excluding steroid dienone is 1. The molecular formula is C26H30FN5O2S. The molecule has 7 nitrogen and oxygen atoms in total.